The molecule has 0 radical (unpaired) electrons. The normalized spacial score (nSPS) is 10.8. The molecular formula is C20H11N3O3. The highest BCUT2D eigenvalue weighted by Gasteiger charge is 2.10. The van der Waals surface area contributed by atoms with Crippen molar-refractivity contribution >= 4 is 17.3 Å². The number of rotatable bonds is 4. The van der Waals surface area contributed by atoms with Gasteiger partial charge < -0.3 is 4.42 Å². The molecule has 2 aromatic carbocycles. The van der Waals surface area contributed by atoms with Crippen LogP contribution in [0, 0.1) is 32.8 Å². The van der Waals surface area contributed by atoms with E-state index in [1.165, 1.54) is 12.1 Å². The lowest BCUT2D eigenvalue weighted by Crippen LogP contribution is -1.87. The van der Waals surface area contributed by atoms with Crippen LogP contribution in [0.1, 0.15) is 16.9 Å². The van der Waals surface area contributed by atoms with Gasteiger partial charge in [-0.2, -0.15) is 10.5 Å². The highest BCUT2D eigenvalue weighted by Crippen LogP contribution is 2.27. The number of non-ortho nitro benzene ring substituents is 1. The van der Waals surface area contributed by atoms with Crippen molar-refractivity contribution in [1.82, 2.24) is 0 Å². The van der Waals surface area contributed by atoms with Crippen LogP contribution < -0.4 is 0 Å². The van der Waals surface area contributed by atoms with E-state index in [1.54, 1.807) is 54.6 Å². The zero-order valence-electron chi connectivity index (χ0n) is 13.4. The van der Waals surface area contributed by atoms with E-state index in [1.807, 2.05) is 6.07 Å². The molecule has 26 heavy (non-hydrogen) atoms. The predicted octanol–water partition coefficient (Wildman–Crippen LogP) is 4.79. The number of allylic oxidation sites excluding steroid dienone is 1. The van der Waals surface area contributed by atoms with Crippen LogP contribution >= 0.6 is 0 Å². The number of nitro groups is 1. The lowest BCUT2D eigenvalue weighted by Gasteiger charge is -1.99. The fourth-order valence-electron chi connectivity index (χ4n) is 2.44. The Labute approximate surface area is 149 Å². The van der Waals surface area contributed by atoms with Crippen LogP contribution in [0.5, 0.6) is 0 Å². The summed E-state index contributed by atoms with van der Waals surface area (Å²) in [6.45, 7) is 0. The summed E-state index contributed by atoms with van der Waals surface area (Å²) in [5, 5.41) is 29.3. The average molecular weight is 341 g/mol. The molecule has 0 unspecified atom stereocenters. The van der Waals surface area contributed by atoms with Crippen LogP contribution in [-0.4, -0.2) is 4.92 Å². The van der Waals surface area contributed by atoms with Gasteiger partial charge >= 0.3 is 0 Å². The van der Waals surface area contributed by atoms with Gasteiger partial charge in [0.1, 0.15) is 11.5 Å². The first-order valence-corrected chi connectivity index (χ1v) is 7.57. The molecule has 3 aromatic rings. The quantitative estimate of drug-likeness (QED) is 0.385. The summed E-state index contributed by atoms with van der Waals surface area (Å²) in [5.74, 6) is 0.897. The molecule has 0 aliphatic carbocycles. The molecule has 0 atom stereocenters. The van der Waals surface area contributed by atoms with Crippen molar-refractivity contribution in [2.45, 2.75) is 0 Å². The second-order valence-corrected chi connectivity index (χ2v) is 5.37. The molecule has 3 rings (SSSR count). The van der Waals surface area contributed by atoms with E-state index in [2.05, 4.69) is 6.07 Å². The van der Waals surface area contributed by atoms with E-state index in [0.29, 0.717) is 33.8 Å². The number of furan rings is 1. The van der Waals surface area contributed by atoms with Gasteiger partial charge in [0.2, 0.25) is 0 Å². The number of nitrogens with zero attached hydrogens (tertiary/aromatic N) is 3. The monoisotopic (exact) mass is 341 g/mol. The third-order valence-electron chi connectivity index (χ3n) is 3.68. The molecule has 6 nitrogen and oxygen atoms in total. The van der Waals surface area contributed by atoms with Gasteiger partial charge in [0.05, 0.1) is 28.2 Å². The lowest BCUT2D eigenvalue weighted by atomic mass is 10.0. The maximum absolute atomic E-state index is 10.9. The standard InChI is InChI=1S/C20H11N3O3/c21-12-14-3-1-4-15(9-14)17(13-22)11-19-7-8-20(26-19)16-5-2-6-18(10-16)23(24)25/h1-11H/b17-11+. The largest absolute Gasteiger partial charge is 0.457 e. The minimum atomic E-state index is -0.469. The predicted molar refractivity (Wildman–Crippen MR) is 95.4 cm³/mol. The summed E-state index contributed by atoms with van der Waals surface area (Å²) in [6.07, 6.45) is 1.57. The molecule has 0 spiro atoms. The molecule has 0 aliphatic rings. The maximum atomic E-state index is 10.9. The van der Waals surface area contributed by atoms with Crippen LogP contribution in [0.15, 0.2) is 65.1 Å². The van der Waals surface area contributed by atoms with Crippen molar-refractivity contribution in [3.63, 3.8) is 0 Å². The van der Waals surface area contributed by atoms with Crippen LogP contribution in [0.3, 0.4) is 0 Å². The van der Waals surface area contributed by atoms with E-state index < -0.39 is 4.92 Å². The van der Waals surface area contributed by atoms with E-state index >= 15 is 0 Å². The van der Waals surface area contributed by atoms with Crippen molar-refractivity contribution in [1.29, 1.82) is 10.5 Å². The first-order valence-electron chi connectivity index (χ1n) is 7.57. The summed E-state index contributed by atoms with van der Waals surface area (Å²) in [6, 6.07) is 20.3. The molecule has 0 fully saturated rings. The fraction of sp³-hybridized carbons (Fsp3) is 0. The summed E-state index contributed by atoms with van der Waals surface area (Å²) in [5.41, 5.74) is 1.97. The van der Waals surface area contributed by atoms with Crippen LogP contribution in [0.4, 0.5) is 5.69 Å². The number of benzene rings is 2. The van der Waals surface area contributed by atoms with Crippen LogP contribution in [-0.2, 0) is 0 Å². The van der Waals surface area contributed by atoms with Crippen LogP contribution in [0.25, 0.3) is 23.0 Å². The number of nitriles is 2. The second kappa shape index (κ2) is 7.16. The molecule has 124 valence electrons. The fourth-order valence-corrected chi connectivity index (χ4v) is 2.44. The summed E-state index contributed by atoms with van der Waals surface area (Å²) >= 11 is 0. The Balaban J connectivity index is 1.95. The first kappa shape index (κ1) is 16.7. The average Bonchev–Trinajstić information content (AvgIpc) is 3.15. The molecule has 1 aromatic heterocycles. The van der Waals surface area contributed by atoms with Gasteiger partial charge in [-0.05, 0) is 35.9 Å². The molecular weight excluding hydrogens is 330 g/mol. The van der Waals surface area contributed by atoms with E-state index in [9.17, 15) is 15.4 Å². The summed E-state index contributed by atoms with van der Waals surface area (Å²) in [4.78, 5) is 10.4. The van der Waals surface area contributed by atoms with E-state index in [4.69, 9.17) is 9.68 Å². The Hall–Kier alpha value is -4.16. The Morgan fingerprint density at radius 3 is 2.62 bits per heavy atom. The Morgan fingerprint density at radius 1 is 1.08 bits per heavy atom. The second-order valence-electron chi connectivity index (χ2n) is 5.37. The van der Waals surface area contributed by atoms with Crippen molar-refractivity contribution in [3.05, 3.63) is 87.7 Å². The molecule has 6 heteroatoms. The number of hydrogen-bond donors (Lipinski definition) is 0. The Bertz CT molecular complexity index is 1100. The highest BCUT2D eigenvalue weighted by molar-refractivity contribution is 5.89. The molecule has 0 N–H and O–H groups in total. The third kappa shape index (κ3) is 3.50. The van der Waals surface area contributed by atoms with E-state index in [0.717, 1.165) is 0 Å². The molecule has 0 saturated carbocycles. The lowest BCUT2D eigenvalue weighted by molar-refractivity contribution is -0.384. The van der Waals surface area contributed by atoms with Gasteiger partial charge in [0, 0.05) is 17.7 Å². The SMILES string of the molecule is N#C/C(=C\c1ccc(-c2cccc([N+](=O)[O-])c2)o1)c1cccc(C#N)c1. The third-order valence-corrected chi connectivity index (χ3v) is 3.68. The van der Waals surface area contributed by atoms with Crippen molar-refractivity contribution in [3.8, 4) is 23.5 Å². The molecule has 0 aliphatic heterocycles. The first-order chi connectivity index (χ1) is 12.6. The zero-order valence-corrected chi connectivity index (χ0v) is 13.4. The molecule has 1 heterocycles. The van der Waals surface area contributed by atoms with Crippen molar-refractivity contribution < 1.29 is 9.34 Å². The van der Waals surface area contributed by atoms with Gasteiger partial charge in [0.15, 0.2) is 0 Å². The Morgan fingerprint density at radius 2 is 1.88 bits per heavy atom. The van der Waals surface area contributed by atoms with Crippen molar-refractivity contribution in [2.24, 2.45) is 0 Å². The van der Waals surface area contributed by atoms with Crippen LogP contribution in [0.2, 0.25) is 0 Å². The summed E-state index contributed by atoms with van der Waals surface area (Å²) < 4.78 is 5.70. The highest BCUT2D eigenvalue weighted by atomic mass is 16.6. The molecule has 0 bridgehead atoms. The summed E-state index contributed by atoms with van der Waals surface area (Å²) in [7, 11) is 0. The topological polar surface area (TPSA) is 104 Å². The minimum Gasteiger partial charge on any atom is -0.457 e. The smallest absolute Gasteiger partial charge is 0.270 e. The van der Waals surface area contributed by atoms with Gasteiger partial charge in [-0.3, -0.25) is 10.1 Å². The van der Waals surface area contributed by atoms with E-state index in [-0.39, 0.29) is 5.69 Å². The van der Waals surface area contributed by atoms with Gasteiger partial charge in [-0.25, -0.2) is 0 Å². The molecule has 0 amide bonds. The van der Waals surface area contributed by atoms with Gasteiger partial charge in [-0.1, -0.05) is 24.3 Å². The Kier molecular flexibility index (Phi) is 4.60. The van der Waals surface area contributed by atoms with Gasteiger partial charge in [-0.15, -0.1) is 0 Å². The minimum absolute atomic E-state index is 0.0259. The zero-order chi connectivity index (χ0) is 18.5. The maximum Gasteiger partial charge on any atom is 0.270 e. The molecule has 0 saturated heterocycles. The number of nitro benzene ring substituents is 1. The number of hydrogen-bond acceptors (Lipinski definition) is 5. The van der Waals surface area contributed by atoms with Gasteiger partial charge in [0.25, 0.3) is 5.69 Å². The van der Waals surface area contributed by atoms with Crippen molar-refractivity contribution in [2.75, 3.05) is 0 Å².